The van der Waals surface area contributed by atoms with Gasteiger partial charge in [-0.2, -0.15) is 13.2 Å². The molecule has 0 saturated heterocycles. The predicted molar refractivity (Wildman–Crippen MR) is 49.3 cm³/mol. The maximum Gasteiger partial charge on any atom is 0.420 e. The zero-order chi connectivity index (χ0) is 13.2. The molecule has 1 aromatic rings. The first-order chi connectivity index (χ1) is 7.81. The topological polar surface area (TPSA) is 35.5 Å². The molecule has 0 unspecified atom stereocenters. The lowest BCUT2D eigenvalue weighted by atomic mass is 10.1. The summed E-state index contributed by atoms with van der Waals surface area (Å²) in [5.74, 6) is -3.06. The van der Waals surface area contributed by atoms with Crippen LogP contribution in [0.4, 0.5) is 17.6 Å². The second kappa shape index (κ2) is 4.60. The van der Waals surface area contributed by atoms with E-state index in [9.17, 15) is 22.4 Å². The molecule has 0 atom stereocenters. The summed E-state index contributed by atoms with van der Waals surface area (Å²) in [6.07, 6.45) is -4.82. The molecule has 0 aliphatic carbocycles. The largest absolute Gasteiger partial charge is 0.495 e. The highest BCUT2D eigenvalue weighted by Gasteiger charge is 2.37. The molecular weight excluding hydrogens is 244 g/mol. The van der Waals surface area contributed by atoms with E-state index in [1.54, 1.807) is 0 Å². The number of hydrogen-bond acceptors (Lipinski definition) is 3. The predicted octanol–water partition coefficient (Wildman–Crippen LogP) is 2.64. The van der Waals surface area contributed by atoms with E-state index in [1.807, 2.05) is 0 Å². The second-order valence-electron chi connectivity index (χ2n) is 3.02. The van der Waals surface area contributed by atoms with Crippen molar-refractivity contribution in [1.29, 1.82) is 0 Å². The lowest BCUT2D eigenvalue weighted by Gasteiger charge is -2.14. The van der Waals surface area contributed by atoms with Crippen molar-refractivity contribution in [2.45, 2.75) is 6.18 Å². The van der Waals surface area contributed by atoms with E-state index in [4.69, 9.17) is 0 Å². The van der Waals surface area contributed by atoms with Gasteiger partial charge in [0.1, 0.15) is 22.7 Å². The van der Waals surface area contributed by atoms with Crippen molar-refractivity contribution in [2.75, 3.05) is 14.2 Å². The summed E-state index contributed by atoms with van der Waals surface area (Å²) >= 11 is 0. The zero-order valence-corrected chi connectivity index (χ0v) is 8.89. The first-order valence-electron chi connectivity index (χ1n) is 4.34. The van der Waals surface area contributed by atoms with Crippen LogP contribution in [0.5, 0.6) is 5.75 Å². The zero-order valence-electron chi connectivity index (χ0n) is 8.89. The molecule has 1 rings (SSSR count). The van der Waals surface area contributed by atoms with Crippen LogP contribution in [0.15, 0.2) is 12.1 Å². The summed E-state index contributed by atoms with van der Waals surface area (Å²) in [5, 5.41) is 0. The third kappa shape index (κ3) is 2.66. The number of carbonyl (C=O) groups is 1. The van der Waals surface area contributed by atoms with Crippen LogP contribution in [-0.4, -0.2) is 20.2 Å². The summed E-state index contributed by atoms with van der Waals surface area (Å²) in [7, 11) is 1.93. The first kappa shape index (κ1) is 13.3. The molecule has 0 aliphatic heterocycles. The Morgan fingerprint density at radius 1 is 1.24 bits per heavy atom. The van der Waals surface area contributed by atoms with Gasteiger partial charge in [-0.15, -0.1) is 0 Å². The summed E-state index contributed by atoms with van der Waals surface area (Å²) in [6, 6.07) is 0.880. The van der Waals surface area contributed by atoms with E-state index in [-0.39, 0.29) is 6.07 Å². The van der Waals surface area contributed by atoms with Crippen LogP contribution in [-0.2, 0) is 10.9 Å². The highest BCUT2D eigenvalue weighted by Crippen LogP contribution is 2.38. The molecule has 0 spiro atoms. The number of benzene rings is 1. The van der Waals surface area contributed by atoms with Gasteiger partial charge in [-0.1, -0.05) is 0 Å². The fourth-order valence-electron chi connectivity index (χ4n) is 1.29. The van der Waals surface area contributed by atoms with Crippen LogP contribution in [0.25, 0.3) is 0 Å². The van der Waals surface area contributed by atoms with Gasteiger partial charge in [-0.05, 0) is 12.1 Å². The fourth-order valence-corrected chi connectivity index (χ4v) is 1.29. The van der Waals surface area contributed by atoms with Gasteiger partial charge >= 0.3 is 12.1 Å². The van der Waals surface area contributed by atoms with Crippen molar-refractivity contribution in [2.24, 2.45) is 0 Å². The Morgan fingerprint density at radius 2 is 1.82 bits per heavy atom. The van der Waals surface area contributed by atoms with Crippen LogP contribution in [0.1, 0.15) is 15.9 Å². The molecule has 0 amide bonds. The third-order valence-electron chi connectivity index (χ3n) is 1.97. The van der Waals surface area contributed by atoms with Gasteiger partial charge < -0.3 is 9.47 Å². The third-order valence-corrected chi connectivity index (χ3v) is 1.97. The molecule has 0 aromatic heterocycles. The molecule has 0 aliphatic rings. The molecule has 17 heavy (non-hydrogen) atoms. The number of alkyl halides is 3. The Bertz CT molecular complexity index is 440. The van der Waals surface area contributed by atoms with E-state index in [0.29, 0.717) is 6.07 Å². The number of esters is 1. The first-order valence-corrected chi connectivity index (χ1v) is 4.34. The van der Waals surface area contributed by atoms with Crippen LogP contribution < -0.4 is 4.74 Å². The molecule has 94 valence electrons. The fraction of sp³-hybridized carbons (Fsp3) is 0.300. The smallest absolute Gasteiger partial charge is 0.420 e. The van der Waals surface area contributed by atoms with Crippen molar-refractivity contribution < 1.29 is 31.8 Å². The van der Waals surface area contributed by atoms with Crippen molar-refractivity contribution >= 4 is 5.97 Å². The molecule has 1 aromatic carbocycles. The van der Waals surface area contributed by atoms with Gasteiger partial charge in [0.2, 0.25) is 0 Å². The molecular formula is C10H8F4O3. The van der Waals surface area contributed by atoms with Crippen molar-refractivity contribution in [3.63, 3.8) is 0 Å². The number of hydrogen-bond donors (Lipinski definition) is 0. The van der Waals surface area contributed by atoms with E-state index in [2.05, 4.69) is 9.47 Å². The van der Waals surface area contributed by atoms with E-state index in [1.165, 1.54) is 0 Å². The lowest BCUT2D eigenvalue weighted by Crippen LogP contribution is -2.13. The van der Waals surface area contributed by atoms with Gasteiger partial charge in [0, 0.05) is 0 Å². The molecule has 7 heteroatoms. The SMILES string of the molecule is COC(=O)c1cc(F)cc(C(F)(F)F)c1OC. The Balaban J connectivity index is 3.52. The highest BCUT2D eigenvalue weighted by molar-refractivity contribution is 5.93. The van der Waals surface area contributed by atoms with Gasteiger partial charge in [-0.25, -0.2) is 9.18 Å². The van der Waals surface area contributed by atoms with E-state index < -0.39 is 34.8 Å². The standard InChI is InChI=1S/C10H8F4O3/c1-16-8-6(9(15)17-2)3-5(11)4-7(8)10(12,13)14/h3-4H,1-2H3. The van der Waals surface area contributed by atoms with Crippen LogP contribution in [0.2, 0.25) is 0 Å². The Morgan fingerprint density at radius 3 is 2.24 bits per heavy atom. The van der Waals surface area contributed by atoms with Gasteiger partial charge in [-0.3, -0.25) is 0 Å². The Kier molecular flexibility index (Phi) is 3.59. The van der Waals surface area contributed by atoms with Crippen molar-refractivity contribution in [1.82, 2.24) is 0 Å². The average molecular weight is 252 g/mol. The number of ether oxygens (including phenoxy) is 2. The van der Waals surface area contributed by atoms with E-state index >= 15 is 0 Å². The second-order valence-corrected chi connectivity index (χ2v) is 3.02. The summed E-state index contributed by atoms with van der Waals surface area (Å²) in [6.45, 7) is 0. The minimum atomic E-state index is -4.82. The maximum atomic E-state index is 13.0. The van der Waals surface area contributed by atoms with E-state index in [0.717, 1.165) is 14.2 Å². The molecule has 0 N–H and O–H groups in total. The Hall–Kier alpha value is -1.79. The average Bonchev–Trinajstić information content (AvgIpc) is 2.25. The monoisotopic (exact) mass is 252 g/mol. The Labute approximate surface area is 93.9 Å². The van der Waals surface area contributed by atoms with Crippen molar-refractivity contribution in [3.05, 3.63) is 29.1 Å². The maximum absolute atomic E-state index is 13.0. The number of methoxy groups -OCH3 is 2. The van der Waals surface area contributed by atoms with Crippen LogP contribution in [0.3, 0.4) is 0 Å². The minimum absolute atomic E-state index is 0.255. The molecule has 0 radical (unpaired) electrons. The molecule has 0 saturated carbocycles. The number of rotatable bonds is 2. The normalized spacial score (nSPS) is 11.2. The van der Waals surface area contributed by atoms with Crippen LogP contribution >= 0.6 is 0 Å². The minimum Gasteiger partial charge on any atom is -0.495 e. The molecule has 3 nitrogen and oxygen atoms in total. The summed E-state index contributed by atoms with van der Waals surface area (Å²) in [5.41, 5.74) is -1.97. The molecule has 0 fully saturated rings. The lowest BCUT2D eigenvalue weighted by molar-refractivity contribution is -0.139. The summed E-state index contributed by atoms with van der Waals surface area (Å²) in [4.78, 5) is 11.2. The van der Waals surface area contributed by atoms with Gasteiger partial charge in [0.25, 0.3) is 0 Å². The quantitative estimate of drug-likeness (QED) is 0.599. The molecule has 0 heterocycles. The van der Waals surface area contributed by atoms with Gasteiger partial charge in [0.05, 0.1) is 14.2 Å². The molecule has 0 bridgehead atoms. The van der Waals surface area contributed by atoms with Gasteiger partial charge in [0.15, 0.2) is 0 Å². The summed E-state index contributed by atoms with van der Waals surface area (Å²) < 4.78 is 59.4. The highest BCUT2D eigenvalue weighted by atomic mass is 19.4. The van der Waals surface area contributed by atoms with Crippen molar-refractivity contribution in [3.8, 4) is 5.75 Å². The number of halogens is 4. The van der Waals surface area contributed by atoms with Crippen LogP contribution in [0, 0.1) is 5.82 Å². The number of carbonyl (C=O) groups excluding carboxylic acids is 1.